The van der Waals surface area contributed by atoms with E-state index < -0.39 is 0 Å². The molecule has 1 aromatic carbocycles. The summed E-state index contributed by atoms with van der Waals surface area (Å²) in [5.41, 5.74) is 0.899. The molecular formula is C16H22ClN5O2. The standard InChI is InChI=1S/C16H21N5O2.ClH/c1-23-13-6-4-11(5-7-13)15-19-14(20-21-15)10-18-16(22)12-3-2-8-17-9-12;/h4-7,12,17H,2-3,8-10H2,1H3,(H,18,22)(H,19,20,21);1H. The molecule has 2 heterocycles. The molecule has 0 bridgehead atoms. The first-order valence-corrected chi connectivity index (χ1v) is 7.80. The van der Waals surface area contributed by atoms with Crippen LogP contribution in [0.25, 0.3) is 11.4 Å². The monoisotopic (exact) mass is 351 g/mol. The molecule has 0 aliphatic carbocycles. The van der Waals surface area contributed by atoms with Crippen molar-refractivity contribution in [2.75, 3.05) is 20.2 Å². The highest BCUT2D eigenvalue weighted by molar-refractivity contribution is 5.85. The Morgan fingerprint density at radius 3 is 2.83 bits per heavy atom. The van der Waals surface area contributed by atoms with Crippen LogP contribution in [0.1, 0.15) is 18.7 Å². The third-order valence-electron chi connectivity index (χ3n) is 3.98. The summed E-state index contributed by atoms with van der Waals surface area (Å²) in [5, 5.41) is 13.2. The molecule has 1 aromatic heterocycles. The van der Waals surface area contributed by atoms with Crippen LogP contribution >= 0.6 is 12.4 Å². The fourth-order valence-electron chi connectivity index (χ4n) is 2.63. The number of ether oxygens (including phenoxy) is 1. The Kier molecular flexibility index (Phi) is 6.57. The van der Waals surface area contributed by atoms with Crippen molar-refractivity contribution in [1.82, 2.24) is 25.8 Å². The van der Waals surface area contributed by atoms with Gasteiger partial charge >= 0.3 is 0 Å². The van der Waals surface area contributed by atoms with Crippen LogP contribution in [0, 0.1) is 5.92 Å². The topological polar surface area (TPSA) is 91.9 Å². The number of benzene rings is 1. The van der Waals surface area contributed by atoms with Crippen LogP contribution in [-0.4, -0.2) is 41.3 Å². The average molecular weight is 352 g/mol. The van der Waals surface area contributed by atoms with E-state index in [1.807, 2.05) is 24.3 Å². The fourth-order valence-corrected chi connectivity index (χ4v) is 2.63. The van der Waals surface area contributed by atoms with Gasteiger partial charge < -0.3 is 15.4 Å². The van der Waals surface area contributed by atoms with Crippen LogP contribution in [-0.2, 0) is 11.3 Å². The van der Waals surface area contributed by atoms with Crippen molar-refractivity contribution < 1.29 is 9.53 Å². The largest absolute Gasteiger partial charge is 0.497 e. The minimum absolute atomic E-state index is 0. The first kappa shape index (κ1) is 18.2. The molecule has 1 unspecified atom stereocenters. The zero-order valence-electron chi connectivity index (χ0n) is 13.5. The summed E-state index contributed by atoms with van der Waals surface area (Å²) in [4.78, 5) is 16.5. The predicted molar refractivity (Wildman–Crippen MR) is 93.1 cm³/mol. The molecule has 1 aliphatic heterocycles. The molecule has 1 fully saturated rings. The Morgan fingerprint density at radius 2 is 2.17 bits per heavy atom. The molecule has 7 nitrogen and oxygen atoms in total. The Balaban J connectivity index is 0.00000208. The number of H-pyrrole nitrogens is 1. The molecule has 1 aliphatic rings. The Bertz CT molecular complexity index is 653. The third-order valence-corrected chi connectivity index (χ3v) is 3.98. The number of hydrogen-bond acceptors (Lipinski definition) is 5. The first-order valence-electron chi connectivity index (χ1n) is 7.80. The molecule has 1 atom stereocenters. The molecule has 130 valence electrons. The van der Waals surface area contributed by atoms with E-state index in [1.165, 1.54) is 0 Å². The van der Waals surface area contributed by atoms with Crippen molar-refractivity contribution in [3.8, 4) is 17.1 Å². The maximum Gasteiger partial charge on any atom is 0.224 e. The second-order valence-electron chi connectivity index (χ2n) is 5.60. The van der Waals surface area contributed by atoms with Gasteiger partial charge in [0.05, 0.1) is 19.6 Å². The van der Waals surface area contributed by atoms with Crippen LogP contribution < -0.4 is 15.4 Å². The summed E-state index contributed by atoms with van der Waals surface area (Å²) in [6, 6.07) is 7.53. The van der Waals surface area contributed by atoms with Crippen LogP contribution in [0.15, 0.2) is 24.3 Å². The van der Waals surface area contributed by atoms with Gasteiger partial charge in [-0.1, -0.05) is 0 Å². The third kappa shape index (κ3) is 4.46. The second kappa shape index (κ2) is 8.65. The predicted octanol–water partition coefficient (Wildman–Crippen LogP) is 1.52. The van der Waals surface area contributed by atoms with E-state index in [1.54, 1.807) is 7.11 Å². The zero-order valence-corrected chi connectivity index (χ0v) is 14.4. The van der Waals surface area contributed by atoms with Crippen LogP contribution in [0.2, 0.25) is 0 Å². The van der Waals surface area contributed by atoms with Gasteiger partial charge in [0.25, 0.3) is 0 Å². The van der Waals surface area contributed by atoms with E-state index in [2.05, 4.69) is 25.8 Å². The minimum Gasteiger partial charge on any atom is -0.497 e. The average Bonchev–Trinajstić information content (AvgIpc) is 3.09. The Labute approximate surface area is 147 Å². The number of nitrogens with one attached hydrogen (secondary N) is 3. The van der Waals surface area contributed by atoms with Gasteiger partial charge in [0.1, 0.15) is 11.6 Å². The lowest BCUT2D eigenvalue weighted by molar-refractivity contribution is -0.125. The van der Waals surface area contributed by atoms with E-state index in [-0.39, 0.29) is 24.2 Å². The molecule has 0 spiro atoms. The van der Waals surface area contributed by atoms with E-state index in [9.17, 15) is 4.79 Å². The Morgan fingerprint density at radius 1 is 1.38 bits per heavy atom. The summed E-state index contributed by atoms with van der Waals surface area (Å²) >= 11 is 0. The molecule has 3 rings (SSSR count). The van der Waals surface area contributed by atoms with Gasteiger partial charge in [-0.3, -0.25) is 9.89 Å². The smallest absolute Gasteiger partial charge is 0.224 e. The zero-order chi connectivity index (χ0) is 16.1. The number of carbonyl (C=O) groups excluding carboxylic acids is 1. The molecule has 0 saturated carbocycles. The molecule has 3 N–H and O–H groups in total. The van der Waals surface area contributed by atoms with Crippen molar-refractivity contribution in [3.63, 3.8) is 0 Å². The van der Waals surface area contributed by atoms with Gasteiger partial charge in [-0.25, -0.2) is 4.98 Å². The normalized spacial score (nSPS) is 17.0. The number of methoxy groups -OCH3 is 1. The van der Waals surface area contributed by atoms with Gasteiger partial charge in [-0.05, 0) is 43.7 Å². The Hall–Kier alpha value is -2.12. The summed E-state index contributed by atoms with van der Waals surface area (Å²) in [6.07, 6.45) is 1.98. The van der Waals surface area contributed by atoms with Crippen molar-refractivity contribution in [2.24, 2.45) is 5.92 Å². The number of aromatic amines is 1. The maximum atomic E-state index is 12.1. The second-order valence-corrected chi connectivity index (χ2v) is 5.60. The van der Waals surface area contributed by atoms with E-state index in [0.29, 0.717) is 18.2 Å². The molecule has 1 amide bonds. The summed E-state index contributed by atoms with van der Waals surface area (Å²) < 4.78 is 5.13. The lowest BCUT2D eigenvalue weighted by atomic mass is 9.99. The van der Waals surface area contributed by atoms with Crippen molar-refractivity contribution in [2.45, 2.75) is 19.4 Å². The van der Waals surface area contributed by atoms with Gasteiger partial charge in [-0.2, -0.15) is 5.10 Å². The quantitative estimate of drug-likeness (QED) is 0.759. The van der Waals surface area contributed by atoms with Gasteiger partial charge in [0.15, 0.2) is 5.82 Å². The first-order chi connectivity index (χ1) is 11.3. The van der Waals surface area contributed by atoms with Crippen molar-refractivity contribution >= 4 is 18.3 Å². The number of halogens is 1. The SMILES string of the molecule is COc1ccc(-c2n[nH]c(CNC(=O)C3CCCNC3)n2)cc1.Cl. The number of carbonyl (C=O) groups is 1. The summed E-state index contributed by atoms with van der Waals surface area (Å²) in [7, 11) is 1.63. The molecule has 2 aromatic rings. The molecular weight excluding hydrogens is 330 g/mol. The number of hydrogen-bond donors (Lipinski definition) is 3. The number of aromatic nitrogens is 3. The van der Waals surface area contributed by atoms with E-state index in [4.69, 9.17) is 4.74 Å². The highest BCUT2D eigenvalue weighted by atomic mass is 35.5. The fraction of sp³-hybridized carbons (Fsp3) is 0.438. The number of piperidine rings is 1. The lowest BCUT2D eigenvalue weighted by Gasteiger charge is -2.21. The van der Waals surface area contributed by atoms with Crippen LogP contribution in [0.4, 0.5) is 0 Å². The van der Waals surface area contributed by atoms with Crippen molar-refractivity contribution in [3.05, 3.63) is 30.1 Å². The summed E-state index contributed by atoms with van der Waals surface area (Å²) in [6.45, 7) is 2.11. The number of rotatable bonds is 5. The molecule has 8 heteroatoms. The molecule has 1 saturated heterocycles. The van der Waals surface area contributed by atoms with Crippen LogP contribution in [0.3, 0.4) is 0 Å². The summed E-state index contributed by atoms with van der Waals surface area (Å²) in [5.74, 6) is 2.16. The minimum atomic E-state index is 0. The number of amides is 1. The van der Waals surface area contributed by atoms with E-state index in [0.717, 1.165) is 37.2 Å². The highest BCUT2D eigenvalue weighted by Gasteiger charge is 2.20. The maximum absolute atomic E-state index is 12.1. The van der Waals surface area contributed by atoms with E-state index >= 15 is 0 Å². The molecule has 24 heavy (non-hydrogen) atoms. The highest BCUT2D eigenvalue weighted by Crippen LogP contribution is 2.19. The molecule has 0 radical (unpaired) electrons. The van der Waals surface area contributed by atoms with Gasteiger partial charge in [-0.15, -0.1) is 12.4 Å². The van der Waals surface area contributed by atoms with Crippen LogP contribution in [0.5, 0.6) is 5.75 Å². The van der Waals surface area contributed by atoms with Crippen molar-refractivity contribution in [1.29, 1.82) is 0 Å². The van der Waals surface area contributed by atoms with Gasteiger partial charge in [0, 0.05) is 12.1 Å². The number of nitrogens with zero attached hydrogens (tertiary/aromatic N) is 2. The lowest BCUT2D eigenvalue weighted by Crippen LogP contribution is -2.40. The van der Waals surface area contributed by atoms with Gasteiger partial charge in [0.2, 0.25) is 5.91 Å².